The Morgan fingerprint density at radius 3 is 2.76 bits per heavy atom. The van der Waals surface area contributed by atoms with Gasteiger partial charge in [-0.1, -0.05) is 13.8 Å². The van der Waals surface area contributed by atoms with Gasteiger partial charge >= 0.3 is 0 Å². The van der Waals surface area contributed by atoms with Crippen molar-refractivity contribution in [1.82, 2.24) is 4.98 Å². The van der Waals surface area contributed by atoms with E-state index in [9.17, 15) is 9.59 Å². The minimum absolute atomic E-state index is 0.0908. The number of hydrogen-bond acceptors (Lipinski definition) is 4. The van der Waals surface area contributed by atoms with Gasteiger partial charge in [0.1, 0.15) is 5.69 Å². The Kier molecular flexibility index (Phi) is 3.39. The van der Waals surface area contributed by atoms with Crippen molar-refractivity contribution in [3.8, 4) is 11.5 Å². The fourth-order valence-corrected chi connectivity index (χ4v) is 3.63. The van der Waals surface area contributed by atoms with E-state index in [0.717, 1.165) is 12.1 Å². The van der Waals surface area contributed by atoms with Gasteiger partial charge in [0.05, 0.1) is 0 Å². The zero-order valence-electron chi connectivity index (χ0n) is 14.5. The molecule has 0 saturated carbocycles. The van der Waals surface area contributed by atoms with Crippen molar-refractivity contribution in [2.45, 2.75) is 33.6 Å². The molecule has 130 valence electrons. The summed E-state index contributed by atoms with van der Waals surface area (Å²) in [5.74, 6) is 1.10. The fraction of sp³-hybridized carbons (Fsp3) is 0.368. The minimum Gasteiger partial charge on any atom is -0.454 e. The Labute approximate surface area is 145 Å². The zero-order chi connectivity index (χ0) is 17.8. The van der Waals surface area contributed by atoms with E-state index in [1.165, 1.54) is 0 Å². The number of hydrogen-bond donors (Lipinski definition) is 2. The zero-order valence-corrected chi connectivity index (χ0v) is 14.5. The van der Waals surface area contributed by atoms with Gasteiger partial charge in [0.25, 0.3) is 5.91 Å². The van der Waals surface area contributed by atoms with Crippen molar-refractivity contribution in [3.05, 3.63) is 40.7 Å². The van der Waals surface area contributed by atoms with Gasteiger partial charge in [0.15, 0.2) is 17.3 Å². The maximum Gasteiger partial charge on any atom is 0.272 e. The van der Waals surface area contributed by atoms with Crippen molar-refractivity contribution < 1.29 is 19.1 Å². The molecule has 0 radical (unpaired) electrons. The van der Waals surface area contributed by atoms with Crippen LogP contribution in [0.4, 0.5) is 5.69 Å². The summed E-state index contributed by atoms with van der Waals surface area (Å²) < 4.78 is 10.6. The second-order valence-corrected chi connectivity index (χ2v) is 7.44. The first kappa shape index (κ1) is 15.7. The maximum atomic E-state index is 12.7. The van der Waals surface area contributed by atoms with Crippen LogP contribution in [0.15, 0.2) is 18.2 Å². The Balaban J connectivity index is 1.62. The number of Topliss-reactive ketones (excluding diaryl/α,β-unsaturated/α-hetero) is 1. The van der Waals surface area contributed by atoms with E-state index in [2.05, 4.69) is 24.1 Å². The Bertz CT molecular complexity index is 895. The molecule has 0 atom stereocenters. The molecule has 6 nitrogen and oxygen atoms in total. The number of ether oxygens (including phenoxy) is 2. The Hall–Kier alpha value is -2.76. The number of anilines is 1. The van der Waals surface area contributed by atoms with E-state index in [1.54, 1.807) is 18.2 Å². The summed E-state index contributed by atoms with van der Waals surface area (Å²) in [7, 11) is 0. The smallest absolute Gasteiger partial charge is 0.272 e. The lowest BCUT2D eigenvalue weighted by Crippen LogP contribution is -2.26. The summed E-state index contributed by atoms with van der Waals surface area (Å²) in [6.07, 6.45) is 1.26. The van der Waals surface area contributed by atoms with Gasteiger partial charge in [-0.3, -0.25) is 9.59 Å². The number of fused-ring (bicyclic) bond motifs is 2. The topological polar surface area (TPSA) is 80.4 Å². The third kappa shape index (κ3) is 2.67. The minimum atomic E-state index is -0.267. The highest BCUT2D eigenvalue weighted by molar-refractivity contribution is 6.08. The molecule has 2 aromatic rings. The number of carbonyl (C=O) groups is 2. The number of rotatable bonds is 2. The molecule has 1 amide bonds. The first-order valence-corrected chi connectivity index (χ1v) is 8.30. The molecule has 2 aliphatic rings. The third-order valence-electron chi connectivity index (χ3n) is 4.76. The van der Waals surface area contributed by atoms with Gasteiger partial charge < -0.3 is 19.8 Å². The Morgan fingerprint density at radius 2 is 1.96 bits per heavy atom. The normalized spacial score (nSPS) is 17.3. The molecule has 2 heterocycles. The predicted molar refractivity (Wildman–Crippen MR) is 92.5 cm³/mol. The quantitative estimate of drug-likeness (QED) is 0.877. The van der Waals surface area contributed by atoms with Gasteiger partial charge in [-0.15, -0.1) is 0 Å². The molecule has 6 heteroatoms. The van der Waals surface area contributed by atoms with E-state index in [0.29, 0.717) is 40.4 Å². The maximum absolute atomic E-state index is 12.7. The molecular weight excluding hydrogens is 320 g/mol. The van der Waals surface area contributed by atoms with E-state index in [-0.39, 0.29) is 23.9 Å². The average Bonchev–Trinajstić information content (AvgIpc) is 3.10. The van der Waals surface area contributed by atoms with Crippen LogP contribution in [0.25, 0.3) is 0 Å². The number of benzene rings is 1. The lowest BCUT2D eigenvalue weighted by atomic mass is 9.75. The second kappa shape index (κ2) is 5.37. The van der Waals surface area contributed by atoms with Crippen LogP contribution in [0, 0.1) is 12.3 Å². The fourth-order valence-electron chi connectivity index (χ4n) is 3.63. The summed E-state index contributed by atoms with van der Waals surface area (Å²) in [5, 5.41) is 2.86. The van der Waals surface area contributed by atoms with E-state index < -0.39 is 0 Å². The van der Waals surface area contributed by atoms with Crippen LogP contribution in [0.1, 0.15) is 52.4 Å². The number of amides is 1. The third-order valence-corrected chi connectivity index (χ3v) is 4.76. The lowest BCUT2D eigenvalue weighted by molar-refractivity contribution is 0.0910. The molecule has 1 aliphatic carbocycles. The van der Waals surface area contributed by atoms with Crippen LogP contribution in [0.5, 0.6) is 11.5 Å². The highest BCUT2D eigenvalue weighted by atomic mass is 16.7. The number of H-pyrrole nitrogens is 1. The van der Waals surface area contributed by atoms with Gasteiger partial charge in [-0.2, -0.15) is 0 Å². The highest BCUT2D eigenvalue weighted by Gasteiger charge is 2.35. The molecule has 4 rings (SSSR count). The van der Waals surface area contributed by atoms with Crippen LogP contribution in [-0.4, -0.2) is 23.5 Å². The molecule has 1 aromatic carbocycles. The first-order chi connectivity index (χ1) is 11.8. The van der Waals surface area contributed by atoms with Gasteiger partial charge in [-0.05, 0) is 36.5 Å². The molecular formula is C19H20N2O4. The number of ketones is 1. The Morgan fingerprint density at radius 1 is 1.20 bits per heavy atom. The molecule has 0 saturated heterocycles. The van der Waals surface area contributed by atoms with Crippen LogP contribution in [0.3, 0.4) is 0 Å². The van der Waals surface area contributed by atoms with Crippen LogP contribution in [0.2, 0.25) is 0 Å². The average molecular weight is 340 g/mol. The van der Waals surface area contributed by atoms with Crippen molar-refractivity contribution in [1.29, 1.82) is 0 Å². The largest absolute Gasteiger partial charge is 0.454 e. The molecule has 0 fully saturated rings. The SMILES string of the molecule is Cc1c(C(=O)Nc2ccc3c(c2)OCO3)[nH]c2c1C(=O)CC(C)(C)C2. The number of nitrogens with one attached hydrogen (secondary N) is 2. The monoisotopic (exact) mass is 340 g/mol. The van der Waals surface area contributed by atoms with Crippen LogP contribution >= 0.6 is 0 Å². The molecule has 0 unspecified atom stereocenters. The molecule has 25 heavy (non-hydrogen) atoms. The summed E-state index contributed by atoms with van der Waals surface area (Å²) >= 11 is 0. The molecule has 0 spiro atoms. The van der Waals surface area contributed by atoms with Crippen molar-refractivity contribution in [2.75, 3.05) is 12.1 Å². The van der Waals surface area contributed by atoms with Crippen LogP contribution < -0.4 is 14.8 Å². The summed E-state index contributed by atoms with van der Waals surface area (Å²) in [5.41, 5.74) is 3.21. The lowest BCUT2D eigenvalue weighted by Gasteiger charge is -2.28. The summed E-state index contributed by atoms with van der Waals surface area (Å²) in [6, 6.07) is 5.25. The van der Waals surface area contributed by atoms with E-state index in [4.69, 9.17) is 9.47 Å². The van der Waals surface area contributed by atoms with Crippen molar-refractivity contribution in [2.24, 2.45) is 5.41 Å². The molecule has 2 N–H and O–H groups in total. The molecule has 1 aromatic heterocycles. The van der Waals surface area contributed by atoms with E-state index in [1.807, 2.05) is 6.92 Å². The second-order valence-electron chi connectivity index (χ2n) is 7.44. The summed E-state index contributed by atoms with van der Waals surface area (Å²) in [6.45, 7) is 6.14. The predicted octanol–water partition coefficient (Wildman–Crippen LogP) is 3.46. The number of aromatic nitrogens is 1. The molecule has 0 bridgehead atoms. The first-order valence-electron chi connectivity index (χ1n) is 8.30. The van der Waals surface area contributed by atoms with Gasteiger partial charge in [-0.25, -0.2) is 0 Å². The number of aromatic amines is 1. The van der Waals surface area contributed by atoms with Crippen molar-refractivity contribution in [3.63, 3.8) is 0 Å². The van der Waals surface area contributed by atoms with E-state index >= 15 is 0 Å². The van der Waals surface area contributed by atoms with Gasteiger partial charge in [0, 0.05) is 29.4 Å². The van der Waals surface area contributed by atoms with Gasteiger partial charge in [0.2, 0.25) is 6.79 Å². The molecule has 1 aliphatic heterocycles. The standard InChI is InChI=1S/C19H20N2O4/c1-10-16-12(7-19(2,3)8-13(16)22)21-17(10)18(23)20-11-4-5-14-15(6-11)25-9-24-14/h4-6,21H,7-9H2,1-3H3,(H,20,23). The number of carbonyl (C=O) groups excluding carboxylic acids is 2. The summed E-state index contributed by atoms with van der Waals surface area (Å²) in [4.78, 5) is 28.3. The van der Waals surface area contributed by atoms with Crippen molar-refractivity contribution >= 4 is 17.4 Å². The van der Waals surface area contributed by atoms with Crippen LogP contribution in [-0.2, 0) is 6.42 Å². The highest BCUT2D eigenvalue weighted by Crippen LogP contribution is 2.37.